The molecular formula is C45H28N4. The van der Waals surface area contributed by atoms with Crippen LogP contribution in [0, 0.1) is 29.6 Å². The van der Waals surface area contributed by atoms with E-state index in [1.54, 1.807) is 0 Å². The number of aryl methyl sites for hydroxylation is 1. The first-order valence-corrected chi connectivity index (χ1v) is 16.3. The Morgan fingerprint density at radius 3 is 1.69 bits per heavy atom. The summed E-state index contributed by atoms with van der Waals surface area (Å²) in [6.45, 7) is 2.13. The summed E-state index contributed by atoms with van der Waals surface area (Å²) in [5.74, 6) is 0. The van der Waals surface area contributed by atoms with Gasteiger partial charge in [-0.25, -0.2) is 0 Å². The largest absolute Gasteiger partial charge is 0.309 e. The second kappa shape index (κ2) is 11.1. The van der Waals surface area contributed by atoms with Crippen molar-refractivity contribution < 1.29 is 0 Å². The highest BCUT2D eigenvalue weighted by molar-refractivity contribution is 6.11. The summed E-state index contributed by atoms with van der Waals surface area (Å²) in [6.07, 6.45) is 0. The van der Waals surface area contributed by atoms with Crippen molar-refractivity contribution in [2.75, 3.05) is 0 Å². The number of aromatic nitrogens is 2. The van der Waals surface area contributed by atoms with Gasteiger partial charge < -0.3 is 9.13 Å². The van der Waals surface area contributed by atoms with Crippen LogP contribution in [-0.2, 0) is 0 Å². The molecule has 0 N–H and O–H groups in total. The zero-order valence-electron chi connectivity index (χ0n) is 26.7. The van der Waals surface area contributed by atoms with E-state index in [0.717, 1.165) is 66.5 Å². The third-order valence-electron chi connectivity index (χ3n) is 9.66. The van der Waals surface area contributed by atoms with Gasteiger partial charge in [0.1, 0.15) is 6.07 Å². The van der Waals surface area contributed by atoms with Gasteiger partial charge >= 0.3 is 0 Å². The molecule has 0 saturated carbocycles. The molecule has 2 heterocycles. The molecule has 228 valence electrons. The molecule has 9 rings (SSSR count). The van der Waals surface area contributed by atoms with Gasteiger partial charge in [-0.2, -0.15) is 10.5 Å². The molecule has 0 unspecified atom stereocenters. The van der Waals surface area contributed by atoms with Crippen LogP contribution in [0.5, 0.6) is 0 Å². The molecule has 49 heavy (non-hydrogen) atoms. The van der Waals surface area contributed by atoms with E-state index >= 15 is 0 Å². The van der Waals surface area contributed by atoms with Crippen molar-refractivity contribution in [3.05, 3.63) is 168 Å². The molecule has 0 aliphatic heterocycles. The third kappa shape index (κ3) is 4.36. The fourth-order valence-corrected chi connectivity index (χ4v) is 7.49. The van der Waals surface area contributed by atoms with E-state index in [9.17, 15) is 10.5 Å². The number of benzene rings is 7. The van der Waals surface area contributed by atoms with E-state index in [4.69, 9.17) is 0 Å². The van der Waals surface area contributed by atoms with E-state index in [1.165, 1.54) is 16.3 Å². The van der Waals surface area contributed by atoms with Gasteiger partial charge in [-0.05, 0) is 78.2 Å². The fourth-order valence-electron chi connectivity index (χ4n) is 7.49. The zero-order valence-corrected chi connectivity index (χ0v) is 26.7. The van der Waals surface area contributed by atoms with Crippen molar-refractivity contribution in [1.82, 2.24) is 9.13 Å². The summed E-state index contributed by atoms with van der Waals surface area (Å²) >= 11 is 0. The van der Waals surface area contributed by atoms with E-state index < -0.39 is 0 Å². The molecule has 0 amide bonds. The summed E-state index contributed by atoms with van der Waals surface area (Å²) in [6, 6.07) is 57.3. The van der Waals surface area contributed by atoms with Crippen LogP contribution in [0.25, 0.3) is 77.2 Å². The summed E-state index contributed by atoms with van der Waals surface area (Å²) in [4.78, 5) is 0. The number of para-hydroxylation sites is 4. The van der Waals surface area contributed by atoms with Crippen molar-refractivity contribution in [3.63, 3.8) is 0 Å². The molecule has 0 atom stereocenters. The van der Waals surface area contributed by atoms with Gasteiger partial charge in [-0.3, -0.25) is 0 Å². The standard InChI is InChI=1S/C45H28N4/c1-29-18-22-33(38(24-29)36-12-4-8-16-42(36)48-40-14-6-2-10-34(40)35-11-3-7-15-41(35)48)31-20-21-32(28-47)45(26-31)49-43-17-9-5-13-37(43)39-25-30(27-46)19-23-44(39)49/h2-26H,1H3. The first-order valence-electron chi connectivity index (χ1n) is 16.3. The molecule has 0 aliphatic rings. The lowest BCUT2D eigenvalue weighted by molar-refractivity contribution is 1.17. The third-order valence-corrected chi connectivity index (χ3v) is 9.66. The molecule has 2 aromatic heterocycles. The van der Waals surface area contributed by atoms with Crippen molar-refractivity contribution in [2.45, 2.75) is 6.92 Å². The van der Waals surface area contributed by atoms with Crippen molar-refractivity contribution in [2.24, 2.45) is 0 Å². The topological polar surface area (TPSA) is 57.4 Å². The molecule has 0 fully saturated rings. The molecular weight excluding hydrogens is 597 g/mol. The Balaban J connectivity index is 1.30. The average molecular weight is 625 g/mol. The van der Waals surface area contributed by atoms with Crippen molar-refractivity contribution >= 4 is 43.6 Å². The molecule has 0 saturated heterocycles. The minimum absolute atomic E-state index is 0.579. The summed E-state index contributed by atoms with van der Waals surface area (Å²) < 4.78 is 4.54. The van der Waals surface area contributed by atoms with E-state index in [0.29, 0.717) is 11.1 Å². The van der Waals surface area contributed by atoms with Gasteiger partial charge in [0.05, 0.1) is 50.6 Å². The minimum atomic E-state index is 0.579. The molecule has 9 aromatic rings. The molecule has 4 nitrogen and oxygen atoms in total. The fraction of sp³-hybridized carbons (Fsp3) is 0.0222. The van der Waals surface area contributed by atoms with Gasteiger partial charge in [-0.15, -0.1) is 0 Å². The first-order chi connectivity index (χ1) is 24.1. The summed E-state index contributed by atoms with van der Waals surface area (Å²) in [5, 5.41) is 24.5. The number of nitrogens with zero attached hydrogens (tertiary/aromatic N) is 4. The average Bonchev–Trinajstić information content (AvgIpc) is 3.67. The highest BCUT2D eigenvalue weighted by atomic mass is 15.0. The number of hydrogen-bond donors (Lipinski definition) is 0. The van der Waals surface area contributed by atoms with Crippen molar-refractivity contribution in [1.29, 1.82) is 10.5 Å². The Labute approximate surface area is 283 Å². The molecule has 0 spiro atoms. The lowest BCUT2D eigenvalue weighted by Gasteiger charge is -2.18. The number of hydrogen-bond acceptors (Lipinski definition) is 2. The van der Waals surface area contributed by atoms with Crippen LogP contribution < -0.4 is 0 Å². The highest BCUT2D eigenvalue weighted by Gasteiger charge is 2.20. The van der Waals surface area contributed by atoms with Gasteiger partial charge in [0.2, 0.25) is 0 Å². The number of rotatable bonds is 4. The first kappa shape index (κ1) is 28.4. The van der Waals surface area contributed by atoms with E-state index in [2.05, 4.69) is 143 Å². The molecule has 0 bridgehead atoms. The van der Waals surface area contributed by atoms with Crippen LogP contribution in [0.4, 0.5) is 0 Å². The Kier molecular flexibility index (Phi) is 6.44. The Hall–Kier alpha value is -6.88. The number of fused-ring (bicyclic) bond motifs is 6. The van der Waals surface area contributed by atoms with Crippen LogP contribution in [0.1, 0.15) is 16.7 Å². The molecule has 4 heteroatoms. The molecule has 0 aliphatic carbocycles. The predicted octanol–water partition coefficient (Wildman–Crippen LogP) is 11.3. The SMILES string of the molecule is Cc1ccc(-c2ccc(C#N)c(-n3c4ccccc4c4cc(C#N)ccc43)c2)c(-c2ccccc2-n2c3ccccc3c3ccccc32)c1. The van der Waals surface area contributed by atoms with Gasteiger partial charge in [0.15, 0.2) is 0 Å². The van der Waals surface area contributed by atoms with Crippen LogP contribution in [0.2, 0.25) is 0 Å². The maximum atomic E-state index is 10.4. The lowest BCUT2D eigenvalue weighted by Crippen LogP contribution is -2.00. The van der Waals surface area contributed by atoms with Gasteiger partial charge in [0, 0.05) is 27.1 Å². The van der Waals surface area contributed by atoms with Crippen LogP contribution in [-0.4, -0.2) is 9.13 Å². The lowest BCUT2D eigenvalue weighted by atomic mass is 9.91. The summed E-state index contributed by atoms with van der Waals surface area (Å²) in [7, 11) is 0. The summed E-state index contributed by atoms with van der Waals surface area (Å²) in [5.41, 5.74) is 12.9. The Bertz CT molecular complexity index is 2820. The molecule has 0 radical (unpaired) electrons. The van der Waals surface area contributed by atoms with Crippen LogP contribution in [0.15, 0.2) is 152 Å². The van der Waals surface area contributed by atoms with Gasteiger partial charge in [-0.1, -0.05) is 103 Å². The van der Waals surface area contributed by atoms with Gasteiger partial charge in [0.25, 0.3) is 0 Å². The Morgan fingerprint density at radius 1 is 0.429 bits per heavy atom. The Morgan fingerprint density at radius 2 is 1.02 bits per heavy atom. The van der Waals surface area contributed by atoms with E-state index in [1.807, 2.05) is 36.4 Å². The second-order valence-corrected chi connectivity index (χ2v) is 12.5. The van der Waals surface area contributed by atoms with Crippen LogP contribution >= 0.6 is 0 Å². The smallest absolute Gasteiger partial charge is 0.101 e. The zero-order chi connectivity index (χ0) is 33.1. The maximum Gasteiger partial charge on any atom is 0.101 e. The van der Waals surface area contributed by atoms with E-state index in [-0.39, 0.29) is 0 Å². The number of nitriles is 2. The molecule has 7 aromatic carbocycles. The normalized spacial score (nSPS) is 11.3. The van der Waals surface area contributed by atoms with Crippen molar-refractivity contribution in [3.8, 4) is 45.8 Å². The predicted molar refractivity (Wildman–Crippen MR) is 200 cm³/mol. The minimum Gasteiger partial charge on any atom is -0.309 e. The highest BCUT2D eigenvalue weighted by Crippen LogP contribution is 2.41. The quantitative estimate of drug-likeness (QED) is 0.196. The monoisotopic (exact) mass is 624 g/mol. The van der Waals surface area contributed by atoms with Crippen LogP contribution in [0.3, 0.4) is 0 Å². The second-order valence-electron chi connectivity index (χ2n) is 12.5. The maximum absolute atomic E-state index is 10.4.